The zero-order chi connectivity index (χ0) is 19.9. The van der Waals surface area contributed by atoms with E-state index < -0.39 is 18.0 Å². The Kier molecular flexibility index (Phi) is 6.27. The Morgan fingerprint density at radius 2 is 1.43 bits per heavy atom. The number of carbonyl (C=O) groups excluding carboxylic acids is 2. The quantitative estimate of drug-likeness (QED) is 0.707. The van der Waals surface area contributed by atoms with Crippen molar-refractivity contribution < 1.29 is 19.1 Å². The minimum absolute atomic E-state index is 0.251. The number of ether oxygens (including phenoxy) is 2. The summed E-state index contributed by atoms with van der Waals surface area (Å²) in [4.78, 5) is 27.1. The molecule has 1 heterocycles. The van der Waals surface area contributed by atoms with Gasteiger partial charge < -0.3 is 14.4 Å². The molecule has 1 aliphatic heterocycles. The average Bonchev–Trinajstić information content (AvgIpc) is 2.74. The number of hydrogen-bond acceptors (Lipinski definition) is 5. The van der Waals surface area contributed by atoms with Gasteiger partial charge in [0.05, 0.1) is 30.4 Å². The fraction of sp³-hybridized carbons (Fsp3) is 0.217. The lowest BCUT2D eigenvalue weighted by atomic mass is 9.92. The Balaban J connectivity index is 2.15. The van der Waals surface area contributed by atoms with Gasteiger partial charge in [0.25, 0.3) is 0 Å². The minimum atomic E-state index is -0.475. The van der Waals surface area contributed by atoms with Crippen LogP contribution in [0, 0.1) is 0 Å². The van der Waals surface area contributed by atoms with Crippen molar-refractivity contribution in [1.82, 2.24) is 0 Å². The van der Waals surface area contributed by atoms with Crippen molar-refractivity contribution in [2.24, 2.45) is 0 Å². The van der Waals surface area contributed by atoms with Gasteiger partial charge in [0.15, 0.2) is 0 Å². The molecular weight excluding hydrogens is 354 g/mol. The van der Waals surface area contributed by atoms with Gasteiger partial charge in [0, 0.05) is 11.9 Å². The van der Waals surface area contributed by atoms with Crippen LogP contribution >= 0.6 is 0 Å². The predicted molar refractivity (Wildman–Crippen MR) is 108 cm³/mol. The summed E-state index contributed by atoms with van der Waals surface area (Å²) in [5.74, 6) is -0.927. The van der Waals surface area contributed by atoms with Gasteiger partial charge in [-0.15, -0.1) is 0 Å². The first-order valence-electron chi connectivity index (χ1n) is 9.31. The highest BCUT2D eigenvalue weighted by molar-refractivity contribution is 5.99. The molecule has 0 aliphatic carbocycles. The third-order valence-electron chi connectivity index (χ3n) is 4.35. The largest absolute Gasteiger partial charge is 0.463 e. The molecule has 5 heteroatoms. The number of esters is 2. The van der Waals surface area contributed by atoms with Crippen molar-refractivity contribution >= 4 is 17.6 Å². The van der Waals surface area contributed by atoms with Crippen molar-refractivity contribution in [3.05, 3.63) is 89.6 Å². The van der Waals surface area contributed by atoms with Crippen molar-refractivity contribution in [3.8, 4) is 0 Å². The number of para-hydroxylation sites is 1. The molecule has 1 aliphatic rings. The molecule has 144 valence electrons. The van der Waals surface area contributed by atoms with Gasteiger partial charge in [-0.05, 0) is 37.6 Å². The van der Waals surface area contributed by atoms with Crippen LogP contribution in [0.2, 0.25) is 0 Å². The summed E-state index contributed by atoms with van der Waals surface area (Å²) in [7, 11) is 0. The van der Waals surface area contributed by atoms with E-state index in [9.17, 15) is 9.59 Å². The second kappa shape index (κ2) is 9.04. The number of nitrogens with zero attached hydrogens (tertiary/aromatic N) is 1. The number of anilines is 1. The summed E-state index contributed by atoms with van der Waals surface area (Å²) in [5, 5.41) is 0. The highest BCUT2D eigenvalue weighted by Crippen LogP contribution is 2.38. The van der Waals surface area contributed by atoms with Crippen LogP contribution in [0.4, 0.5) is 5.69 Å². The van der Waals surface area contributed by atoms with Crippen LogP contribution in [0.25, 0.3) is 0 Å². The van der Waals surface area contributed by atoms with Gasteiger partial charge in [0.2, 0.25) is 0 Å². The summed E-state index contributed by atoms with van der Waals surface area (Å²) in [5.41, 5.74) is 2.47. The molecule has 2 aromatic carbocycles. The number of carbonyl (C=O) groups is 2. The van der Waals surface area contributed by atoms with E-state index in [1.807, 2.05) is 65.6 Å². The normalized spacial score (nSPS) is 16.1. The molecule has 0 aromatic heterocycles. The van der Waals surface area contributed by atoms with Crippen LogP contribution in [0.1, 0.15) is 25.5 Å². The molecule has 28 heavy (non-hydrogen) atoms. The molecular formula is C23H23NO4. The first kappa shape index (κ1) is 19.4. The van der Waals surface area contributed by atoms with E-state index in [1.54, 1.807) is 26.1 Å². The van der Waals surface area contributed by atoms with Gasteiger partial charge in [-0.3, -0.25) is 0 Å². The second-order valence-corrected chi connectivity index (χ2v) is 6.18. The number of rotatable bonds is 6. The standard InChI is InChI=1S/C23H23NO4/c1-3-27-22(25)18-15-20(23(26)28-4-2)21(17-11-7-5-8-12-17)24(16-18)19-13-9-6-10-14-19/h5-16,21H,3-4H2,1-2H3. The first-order valence-corrected chi connectivity index (χ1v) is 9.31. The smallest absolute Gasteiger partial charge is 0.339 e. The number of hydrogen-bond donors (Lipinski definition) is 0. The van der Waals surface area contributed by atoms with Crippen LogP contribution < -0.4 is 4.90 Å². The third kappa shape index (κ3) is 4.14. The zero-order valence-electron chi connectivity index (χ0n) is 16.0. The Morgan fingerprint density at radius 3 is 2.04 bits per heavy atom. The van der Waals surface area contributed by atoms with Crippen LogP contribution in [0.3, 0.4) is 0 Å². The summed E-state index contributed by atoms with van der Waals surface area (Å²) in [6, 6.07) is 18.9. The fourth-order valence-corrected chi connectivity index (χ4v) is 3.17. The van der Waals surface area contributed by atoms with Crippen LogP contribution in [-0.4, -0.2) is 25.2 Å². The molecule has 0 amide bonds. The molecule has 0 fully saturated rings. The molecule has 1 atom stereocenters. The van der Waals surface area contributed by atoms with Crippen LogP contribution in [0.15, 0.2) is 84.1 Å². The van der Waals surface area contributed by atoms with E-state index in [0.29, 0.717) is 11.1 Å². The Bertz CT molecular complexity index is 887. The van der Waals surface area contributed by atoms with Crippen LogP contribution in [-0.2, 0) is 19.1 Å². The summed E-state index contributed by atoms with van der Waals surface area (Å²) in [6.45, 7) is 4.02. The van der Waals surface area contributed by atoms with E-state index in [-0.39, 0.29) is 13.2 Å². The van der Waals surface area contributed by atoms with Gasteiger partial charge in [-0.1, -0.05) is 48.5 Å². The topological polar surface area (TPSA) is 55.8 Å². The Hall–Kier alpha value is -3.34. The van der Waals surface area contributed by atoms with Gasteiger partial charge in [-0.2, -0.15) is 0 Å². The van der Waals surface area contributed by atoms with Gasteiger partial charge in [0.1, 0.15) is 0 Å². The van der Waals surface area contributed by atoms with E-state index in [1.165, 1.54) is 0 Å². The van der Waals surface area contributed by atoms with Crippen molar-refractivity contribution in [1.29, 1.82) is 0 Å². The molecule has 3 rings (SSSR count). The van der Waals surface area contributed by atoms with Crippen LogP contribution in [0.5, 0.6) is 0 Å². The van der Waals surface area contributed by atoms with Crippen molar-refractivity contribution in [2.75, 3.05) is 18.1 Å². The molecule has 0 spiro atoms. The summed E-state index contributed by atoms with van der Waals surface area (Å²) in [6.07, 6.45) is 3.31. The highest BCUT2D eigenvalue weighted by atomic mass is 16.5. The van der Waals surface area contributed by atoms with E-state index in [2.05, 4.69) is 0 Å². The molecule has 0 N–H and O–H groups in total. The molecule has 1 unspecified atom stereocenters. The molecule has 0 saturated heterocycles. The van der Waals surface area contributed by atoms with Crippen molar-refractivity contribution in [2.45, 2.75) is 19.9 Å². The van der Waals surface area contributed by atoms with Crippen molar-refractivity contribution in [3.63, 3.8) is 0 Å². The minimum Gasteiger partial charge on any atom is -0.463 e. The molecule has 2 aromatic rings. The summed E-state index contributed by atoms with van der Waals surface area (Å²) >= 11 is 0. The molecule has 0 radical (unpaired) electrons. The van der Waals surface area contributed by atoms with E-state index >= 15 is 0 Å². The van der Waals surface area contributed by atoms with E-state index in [0.717, 1.165) is 11.3 Å². The fourth-order valence-electron chi connectivity index (χ4n) is 3.17. The Morgan fingerprint density at radius 1 is 0.857 bits per heavy atom. The maximum atomic E-state index is 12.8. The van der Waals surface area contributed by atoms with Gasteiger partial charge in [-0.25, -0.2) is 9.59 Å². The lowest BCUT2D eigenvalue weighted by Gasteiger charge is -2.35. The SMILES string of the molecule is CCOC(=O)C1=CN(c2ccccc2)C(c2ccccc2)C(C(=O)OCC)=C1. The number of benzene rings is 2. The zero-order valence-corrected chi connectivity index (χ0v) is 16.0. The average molecular weight is 377 g/mol. The summed E-state index contributed by atoms with van der Waals surface area (Å²) < 4.78 is 10.5. The van der Waals surface area contributed by atoms with E-state index in [4.69, 9.17) is 9.47 Å². The maximum Gasteiger partial charge on any atom is 0.339 e. The third-order valence-corrected chi connectivity index (χ3v) is 4.35. The lowest BCUT2D eigenvalue weighted by Crippen LogP contribution is -2.33. The monoisotopic (exact) mass is 377 g/mol. The molecule has 5 nitrogen and oxygen atoms in total. The molecule has 0 saturated carbocycles. The lowest BCUT2D eigenvalue weighted by molar-refractivity contribution is -0.138. The predicted octanol–water partition coefficient (Wildman–Crippen LogP) is 4.18. The second-order valence-electron chi connectivity index (χ2n) is 6.18. The molecule has 0 bridgehead atoms. The highest BCUT2D eigenvalue weighted by Gasteiger charge is 2.34. The first-order chi connectivity index (χ1) is 13.7. The maximum absolute atomic E-state index is 12.8. The van der Waals surface area contributed by atoms with Gasteiger partial charge >= 0.3 is 11.9 Å². The Labute approximate surface area is 164 Å².